The molecule has 0 rings (SSSR count). The largest absolute Gasteiger partial charge is 0.497 e. The van der Waals surface area contributed by atoms with E-state index < -0.39 is 16.0 Å². The van der Waals surface area contributed by atoms with Crippen LogP contribution in [-0.2, 0) is 28.7 Å². The Hall–Kier alpha value is -1.93. The number of nitrogens with zero attached hydrogens (tertiary/aromatic N) is 1. The Balaban J connectivity index is 0. The van der Waals surface area contributed by atoms with Crippen LogP contribution in [0.3, 0.4) is 0 Å². The van der Waals surface area contributed by atoms with E-state index in [0.717, 1.165) is 7.05 Å². The van der Waals surface area contributed by atoms with E-state index in [1.54, 1.807) is 13.2 Å². The monoisotopic (exact) mass is 305 g/mol. The Bertz CT molecular complexity index is 455. The van der Waals surface area contributed by atoms with Gasteiger partial charge >= 0.3 is 10.1 Å². The van der Waals surface area contributed by atoms with E-state index in [4.69, 9.17) is 0 Å². The maximum Gasteiger partial charge on any atom is 0.310 e. The van der Waals surface area contributed by atoms with Crippen molar-refractivity contribution in [3.8, 4) is 0 Å². The van der Waals surface area contributed by atoms with Crippen LogP contribution in [0.15, 0.2) is 37.0 Å². The van der Waals surface area contributed by atoms with Crippen LogP contribution in [0.1, 0.15) is 12.8 Å². The molecule has 0 bridgehead atoms. The van der Waals surface area contributed by atoms with Crippen molar-refractivity contribution in [2.24, 2.45) is 0 Å². The lowest BCUT2D eigenvalue weighted by molar-refractivity contribution is -0.151. The van der Waals surface area contributed by atoms with Crippen LogP contribution < -0.4 is 0 Å². The molecule has 0 heterocycles. The molecule has 0 aliphatic heterocycles. The fourth-order valence-electron chi connectivity index (χ4n) is 0.651. The fraction of sp³-hybridized carbons (Fsp3) is 0.333. The summed E-state index contributed by atoms with van der Waals surface area (Å²) in [6, 6.07) is 0. The molecule has 8 heteroatoms. The number of methoxy groups -OCH3 is 1. The molecular formula is C12H19NO6S. The first-order valence-electron chi connectivity index (χ1n) is 5.36. The zero-order valence-corrected chi connectivity index (χ0v) is 12.4. The van der Waals surface area contributed by atoms with Crippen LogP contribution in [0.4, 0.5) is 0 Å². The number of ether oxygens (including phenoxy) is 1. The van der Waals surface area contributed by atoms with Crippen molar-refractivity contribution in [1.29, 1.82) is 0 Å². The van der Waals surface area contributed by atoms with Gasteiger partial charge in [0.2, 0.25) is 5.91 Å². The predicted octanol–water partition coefficient (Wildman–Crippen LogP) is 1.16. The van der Waals surface area contributed by atoms with Crippen molar-refractivity contribution in [1.82, 2.24) is 5.06 Å². The van der Waals surface area contributed by atoms with Crippen LogP contribution in [0.5, 0.6) is 0 Å². The second kappa shape index (κ2) is 10.9. The summed E-state index contributed by atoms with van der Waals surface area (Å²) in [5, 5.41) is 1.14. The molecule has 0 N–H and O–H groups in total. The van der Waals surface area contributed by atoms with E-state index in [1.165, 1.54) is 0 Å². The highest BCUT2D eigenvalue weighted by Crippen LogP contribution is 2.01. The summed E-state index contributed by atoms with van der Waals surface area (Å²) in [6.45, 7) is 9.86. The molecule has 0 radical (unpaired) electrons. The summed E-state index contributed by atoms with van der Waals surface area (Å²) in [5.74, 6) is 0.0116. The molecule has 0 aliphatic rings. The molecule has 20 heavy (non-hydrogen) atoms. The molecule has 0 aromatic heterocycles. The summed E-state index contributed by atoms with van der Waals surface area (Å²) >= 11 is 0. The lowest BCUT2D eigenvalue weighted by Gasteiger charge is -2.13. The maximum absolute atomic E-state index is 11.0. The van der Waals surface area contributed by atoms with Gasteiger partial charge in [-0.25, -0.2) is 5.06 Å². The minimum absolute atomic E-state index is 0.0284. The average Bonchev–Trinajstić information content (AvgIpc) is 2.43. The molecule has 0 aliphatic carbocycles. The lowest BCUT2D eigenvalue weighted by Crippen LogP contribution is -2.28. The van der Waals surface area contributed by atoms with Gasteiger partial charge in [-0.2, -0.15) is 8.42 Å². The topological polar surface area (TPSA) is 90.0 Å². The molecule has 114 valence electrons. The average molecular weight is 305 g/mol. The van der Waals surface area contributed by atoms with Crippen LogP contribution in [0.25, 0.3) is 0 Å². The Labute approximate surface area is 119 Å². The number of carbonyl (C=O) groups is 2. The molecule has 0 atom stereocenters. The Morgan fingerprint density at radius 2 is 1.90 bits per heavy atom. The zero-order valence-electron chi connectivity index (χ0n) is 11.6. The highest BCUT2D eigenvalue weighted by molar-refractivity contribution is 7.89. The normalized spacial score (nSPS) is 9.50. The first-order valence-corrected chi connectivity index (χ1v) is 6.83. The van der Waals surface area contributed by atoms with E-state index in [-0.39, 0.29) is 12.8 Å². The Morgan fingerprint density at radius 1 is 1.35 bits per heavy atom. The van der Waals surface area contributed by atoms with Crippen molar-refractivity contribution >= 4 is 22.3 Å². The van der Waals surface area contributed by atoms with Gasteiger partial charge in [0.1, 0.15) is 12.0 Å². The molecule has 0 unspecified atom stereocenters. The number of hydroxylamine groups is 2. The standard InChI is InChI=1S/C7H11NO5S.C5H8O/c1-3-14(11,12)13-8(2)7(10)5-4-6-9;1-4-5(2)6-3/h3,6H,1,4-5H2,2H3;4H,1-2H2,3H3. The van der Waals surface area contributed by atoms with Gasteiger partial charge in [-0.15, -0.1) is 4.28 Å². The predicted molar refractivity (Wildman–Crippen MR) is 74.6 cm³/mol. The maximum atomic E-state index is 11.0. The van der Waals surface area contributed by atoms with E-state index in [2.05, 4.69) is 28.8 Å². The molecule has 0 spiro atoms. The van der Waals surface area contributed by atoms with Crippen LogP contribution in [0, 0.1) is 0 Å². The summed E-state index contributed by atoms with van der Waals surface area (Å²) in [7, 11) is -1.20. The molecule has 0 saturated heterocycles. The molecule has 0 aromatic rings. The highest BCUT2D eigenvalue weighted by atomic mass is 32.2. The van der Waals surface area contributed by atoms with E-state index in [0.29, 0.717) is 22.5 Å². The highest BCUT2D eigenvalue weighted by Gasteiger charge is 2.15. The molecular weight excluding hydrogens is 286 g/mol. The van der Waals surface area contributed by atoms with Crippen molar-refractivity contribution in [3.63, 3.8) is 0 Å². The first-order chi connectivity index (χ1) is 9.23. The third-order valence-electron chi connectivity index (χ3n) is 1.74. The number of carbonyl (C=O) groups excluding carboxylic acids is 2. The third-order valence-corrected chi connectivity index (χ3v) is 2.58. The number of allylic oxidation sites excluding steroid dienone is 1. The van der Waals surface area contributed by atoms with E-state index >= 15 is 0 Å². The second-order valence-corrected chi connectivity index (χ2v) is 4.67. The van der Waals surface area contributed by atoms with Crippen molar-refractivity contribution in [2.45, 2.75) is 12.8 Å². The van der Waals surface area contributed by atoms with Gasteiger partial charge in [-0.3, -0.25) is 4.79 Å². The number of hydrogen-bond donors (Lipinski definition) is 0. The molecule has 0 saturated carbocycles. The second-order valence-electron chi connectivity index (χ2n) is 3.21. The number of hydrogen-bond acceptors (Lipinski definition) is 6. The van der Waals surface area contributed by atoms with Gasteiger partial charge in [-0.1, -0.05) is 19.7 Å². The van der Waals surface area contributed by atoms with Crippen LogP contribution >= 0.6 is 0 Å². The van der Waals surface area contributed by atoms with Gasteiger partial charge in [0, 0.05) is 19.9 Å². The molecule has 0 fully saturated rings. The minimum Gasteiger partial charge on any atom is -0.497 e. The fourth-order valence-corrected chi connectivity index (χ4v) is 1.11. The van der Waals surface area contributed by atoms with Gasteiger partial charge in [0.15, 0.2) is 0 Å². The minimum atomic E-state index is -3.91. The smallest absolute Gasteiger partial charge is 0.310 e. The molecule has 7 nitrogen and oxygen atoms in total. The van der Waals surface area contributed by atoms with E-state index in [9.17, 15) is 18.0 Å². The summed E-state index contributed by atoms with van der Waals surface area (Å²) < 4.78 is 30.4. The summed E-state index contributed by atoms with van der Waals surface area (Å²) in [6.07, 6.45) is 2.06. The van der Waals surface area contributed by atoms with Crippen LogP contribution in [0.2, 0.25) is 0 Å². The molecule has 1 amide bonds. The quantitative estimate of drug-likeness (QED) is 0.289. The van der Waals surface area contributed by atoms with E-state index in [1.807, 2.05) is 0 Å². The first kappa shape index (κ1) is 20.4. The summed E-state index contributed by atoms with van der Waals surface area (Å²) in [5.41, 5.74) is 0. The van der Waals surface area contributed by atoms with Gasteiger partial charge < -0.3 is 9.53 Å². The number of aldehydes is 1. The van der Waals surface area contributed by atoms with Gasteiger partial charge in [0.25, 0.3) is 0 Å². The number of rotatable bonds is 8. The van der Waals surface area contributed by atoms with Crippen molar-refractivity contribution in [2.75, 3.05) is 14.2 Å². The zero-order chi connectivity index (χ0) is 16.2. The Morgan fingerprint density at radius 3 is 2.20 bits per heavy atom. The number of amides is 1. The third kappa shape index (κ3) is 11.2. The van der Waals surface area contributed by atoms with Gasteiger partial charge in [0.05, 0.1) is 12.5 Å². The molecule has 0 aromatic carbocycles. The SMILES string of the molecule is C=CC(=C)OC.C=CS(=O)(=O)ON(C)C(=O)CCC=O. The Kier molecular flexibility index (Phi) is 11.2. The van der Waals surface area contributed by atoms with Crippen molar-refractivity contribution < 1.29 is 27.0 Å². The summed E-state index contributed by atoms with van der Waals surface area (Å²) in [4.78, 5) is 21.0. The van der Waals surface area contributed by atoms with Crippen molar-refractivity contribution in [3.05, 3.63) is 37.0 Å². The van der Waals surface area contributed by atoms with Gasteiger partial charge in [-0.05, 0) is 6.08 Å². The van der Waals surface area contributed by atoms with Crippen LogP contribution in [-0.4, -0.2) is 39.8 Å². The lowest BCUT2D eigenvalue weighted by atomic mass is 10.3.